The summed E-state index contributed by atoms with van der Waals surface area (Å²) in [6.07, 6.45) is 0. The van der Waals surface area contributed by atoms with E-state index in [2.05, 4.69) is 9.97 Å². The third-order valence-electron chi connectivity index (χ3n) is 2.69. The van der Waals surface area contributed by atoms with Crippen molar-refractivity contribution in [3.8, 4) is 11.6 Å². The number of benzene rings is 1. The van der Waals surface area contributed by atoms with Crippen molar-refractivity contribution in [1.29, 1.82) is 0 Å². The number of hydrogen-bond acceptors (Lipinski definition) is 3. The van der Waals surface area contributed by atoms with E-state index in [0.29, 0.717) is 27.6 Å². The zero-order valence-corrected chi connectivity index (χ0v) is 13.4. The minimum absolute atomic E-state index is 0.196. The number of aromatic nitrogens is 2. The second-order valence-corrected chi connectivity index (χ2v) is 6.44. The Kier molecular flexibility index (Phi) is 4.21. The Hall–Kier alpha value is -1.32. The molecule has 2 aromatic rings. The molecule has 1 heterocycles. The maximum atomic E-state index is 6.04. The highest BCUT2D eigenvalue weighted by atomic mass is 35.5. The van der Waals surface area contributed by atoms with Crippen LogP contribution < -0.4 is 4.74 Å². The number of nitrogens with zero attached hydrogens (tertiary/aromatic N) is 2. The van der Waals surface area contributed by atoms with E-state index < -0.39 is 0 Å². The van der Waals surface area contributed by atoms with Crippen molar-refractivity contribution >= 4 is 23.2 Å². The first-order valence-corrected chi connectivity index (χ1v) is 7.00. The van der Waals surface area contributed by atoms with E-state index in [1.165, 1.54) is 0 Å². The fourth-order valence-corrected chi connectivity index (χ4v) is 2.02. The minimum Gasteiger partial charge on any atom is -0.439 e. The lowest BCUT2D eigenvalue weighted by Gasteiger charge is -2.17. The van der Waals surface area contributed by atoms with Crippen LogP contribution in [-0.2, 0) is 5.41 Å². The van der Waals surface area contributed by atoms with Gasteiger partial charge in [0.15, 0.2) is 0 Å². The van der Waals surface area contributed by atoms with Crippen molar-refractivity contribution in [3.05, 3.63) is 45.8 Å². The van der Waals surface area contributed by atoms with Crippen molar-refractivity contribution in [2.75, 3.05) is 0 Å². The zero-order chi connectivity index (χ0) is 14.9. The van der Waals surface area contributed by atoms with E-state index >= 15 is 0 Å². The van der Waals surface area contributed by atoms with Crippen LogP contribution in [0.25, 0.3) is 0 Å². The Morgan fingerprint density at radius 1 is 1.05 bits per heavy atom. The summed E-state index contributed by atoms with van der Waals surface area (Å²) in [6.45, 7) is 8.00. The van der Waals surface area contributed by atoms with Crippen molar-refractivity contribution in [2.45, 2.75) is 33.1 Å². The number of rotatable bonds is 2. The molecule has 20 heavy (non-hydrogen) atoms. The molecule has 0 amide bonds. The molecule has 0 fully saturated rings. The number of halogens is 2. The molecule has 2 rings (SSSR count). The second-order valence-electron chi connectivity index (χ2n) is 5.61. The highest BCUT2D eigenvalue weighted by Crippen LogP contribution is 2.29. The lowest BCUT2D eigenvalue weighted by atomic mass is 9.96. The predicted molar refractivity (Wildman–Crippen MR) is 82.0 cm³/mol. The molecule has 0 saturated heterocycles. The Balaban J connectivity index is 2.36. The molecule has 0 spiro atoms. The van der Waals surface area contributed by atoms with Gasteiger partial charge < -0.3 is 4.74 Å². The number of ether oxygens (including phenoxy) is 1. The quantitative estimate of drug-likeness (QED) is 0.717. The molecule has 0 N–H and O–H groups in total. The summed E-state index contributed by atoms with van der Waals surface area (Å²) in [4.78, 5) is 8.65. The fourth-order valence-electron chi connectivity index (χ4n) is 1.62. The van der Waals surface area contributed by atoms with Gasteiger partial charge in [0.2, 0.25) is 5.88 Å². The smallest absolute Gasteiger partial charge is 0.224 e. The largest absolute Gasteiger partial charge is 0.439 e. The molecule has 0 aliphatic carbocycles. The lowest BCUT2D eigenvalue weighted by molar-refractivity contribution is 0.443. The first-order chi connectivity index (χ1) is 9.25. The van der Waals surface area contributed by atoms with Crippen LogP contribution in [0.3, 0.4) is 0 Å². The molecule has 0 aliphatic rings. The average Bonchev–Trinajstić information content (AvgIpc) is 2.31. The SMILES string of the molecule is Cc1cc(Cl)ccc1Oc1cc(Cl)nc(C(C)(C)C)n1. The van der Waals surface area contributed by atoms with Gasteiger partial charge in [-0.25, -0.2) is 4.98 Å². The summed E-state index contributed by atoms with van der Waals surface area (Å²) in [6, 6.07) is 7.02. The first-order valence-electron chi connectivity index (χ1n) is 6.25. The number of hydrogen-bond donors (Lipinski definition) is 0. The van der Waals surface area contributed by atoms with Crippen LogP contribution >= 0.6 is 23.2 Å². The van der Waals surface area contributed by atoms with Gasteiger partial charge in [-0.05, 0) is 30.7 Å². The third-order valence-corrected chi connectivity index (χ3v) is 3.12. The highest BCUT2D eigenvalue weighted by molar-refractivity contribution is 6.30. The Morgan fingerprint density at radius 3 is 2.35 bits per heavy atom. The molecule has 0 atom stereocenters. The topological polar surface area (TPSA) is 35.0 Å². The summed E-state index contributed by atoms with van der Waals surface area (Å²) in [5.41, 5.74) is 0.738. The molecule has 0 unspecified atom stereocenters. The zero-order valence-electron chi connectivity index (χ0n) is 11.9. The van der Waals surface area contributed by atoms with E-state index in [1.54, 1.807) is 12.1 Å². The highest BCUT2D eigenvalue weighted by Gasteiger charge is 2.19. The van der Waals surface area contributed by atoms with E-state index in [1.807, 2.05) is 39.8 Å². The minimum atomic E-state index is -0.196. The van der Waals surface area contributed by atoms with Crippen molar-refractivity contribution < 1.29 is 4.74 Å². The van der Waals surface area contributed by atoms with Crippen LogP contribution in [0.2, 0.25) is 10.2 Å². The molecule has 3 nitrogen and oxygen atoms in total. The van der Waals surface area contributed by atoms with Crippen LogP contribution in [0, 0.1) is 6.92 Å². The van der Waals surface area contributed by atoms with Gasteiger partial charge >= 0.3 is 0 Å². The molecule has 0 radical (unpaired) electrons. The molecule has 0 bridgehead atoms. The Morgan fingerprint density at radius 2 is 1.75 bits per heavy atom. The molecule has 0 saturated carbocycles. The molecule has 5 heteroatoms. The first kappa shape index (κ1) is 15.1. The van der Waals surface area contributed by atoms with Crippen LogP contribution in [0.5, 0.6) is 11.6 Å². The second kappa shape index (κ2) is 5.58. The number of aryl methyl sites for hydroxylation is 1. The van der Waals surface area contributed by atoms with Gasteiger partial charge in [0.1, 0.15) is 16.7 Å². The summed E-state index contributed by atoms with van der Waals surface area (Å²) in [5, 5.41) is 1.04. The maximum absolute atomic E-state index is 6.04. The third kappa shape index (κ3) is 3.62. The molecule has 0 aliphatic heterocycles. The Labute approximate surface area is 128 Å². The van der Waals surface area contributed by atoms with E-state index in [-0.39, 0.29) is 5.41 Å². The van der Waals surface area contributed by atoms with Crippen LogP contribution in [-0.4, -0.2) is 9.97 Å². The van der Waals surface area contributed by atoms with E-state index in [0.717, 1.165) is 5.56 Å². The average molecular weight is 311 g/mol. The van der Waals surface area contributed by atoms with Gasteiger partial charge in [-0.15, -0.1) is 0 Å². The van der Waals surface area contributed by atoms with Gasteiger partial charge in [0.05, 0.1) is 0 Å². The lowest BCUT2D eigenvalue weighted by Crippen LogP contribution is -2.16. The summed E-state index contributed by atoms with van der Waals surface area (Å²) < 4.78 is 5.79. The van der Waals surface area contributed by atoms with Crippen LogP contribution in [0.1, 0.15) is 32.2 Å². The van der Waals surface area contributed by atoms with Crippen molar-refractivity contribution in [3.63, 3.8) is 0 Å². The van der Waals surface area contributed by atoms with Crippen molar-refractivity contribution in [1.82, 2.24) is 9.97 Å². The normalized spacial score (nSPS) is 11.5. The Bertz CT molecular complexity index is 636. The van der Waals surface area contributed by atoms with Gasteiger partial charge in [-0.3, -0.25) is 0 Å². The van der Waals surface area contributed by atoms with Gasteiger partial charge in [0.25, 0.3) is 0 Å². The fraction of sp³-hybridized carbons (Fsp3) is 0.333. The van der Waals surface area contributed by atoms with Crippen LogP contribution in [0.15, 0.2) is 24.3 Å². The summed E-state index contributed by atoms with van der Waals surface area (Å²) in [5.74, 6) is 1.77. The molecular formula is C15H16Cl2N2O. The molecule has 106 valence electrons. The van der Waals surface area contributed by atoms with E-state index in [9.17, 15) is 0 Å². The van der Waals surface area contributed by atoms with Gasteiger partial charge in [-0.1, -0.05) is 44.0 Å². The molecule has 1 aromatic heterocycles. The van der Waals surface area contributed by atoms with Gasteiger partial charge in [0, 0.05) is 16.5 Å². The molecular weight excluding hydrogens is 295 g/mol. The summed E-state index contributed by atoms with van der Waals surface area (Å²) >= 11 is 12.0. The predicted octanol–water partition coefficient (Wildman–Crippen LogP) is 5.18. The standard InChI is InChI=1S/C15H16Cl2N2O/c1-9-7-10(16)5-6-11(9)20-13-8-12(17)18-14(19-13)15(2,3)4/h5-8H,1-4H3. The molecule has 1 aromatic carbocycles. The van der Waals surface area contributed by atoms with Crippen LogP contribution in [0.4, 0.5) is 0 Å². The van der Waals surface area contributed by atoms with E-state index in [4.69, 9.17) is 27.9 Å². The monoisotopic (exact) mass is 310 g/mol. The summed E-state index contributed by atoms with van der Waals surface area (Å²) in [7, 11) is 0. The maximum Gasteiger partial charge on any atom is 0.224 e. The van der Waals surface area contributed by atoms with Crippen molar-refractivity contribution in [2.24, 2.45) is 0 Å². The van der Waals surface area contributed by atoms with Gasteiger partial charge in [-0.2, -0.15) is 4.98 Å².